The maximum atomic E-state index is 12.1. The number of carboxylic acid groups (broad SMARTS) is 1. The van der Waals surface area contributed by atoms with Gasteiger partial charge < -0.3 is 5.11 Å². The molecule has 1 aromatic carbocycles. The minimum atomic E-state index is -3.33. The van der Waals surface area contributed by atoms with Crippen LogP contribution >= 0.6 is 11.8 Å². The standard InChI is InChI=1S/C14H13NO4S2/c1-2-21(18,19)13-6-4-3-5-12(13)20-10-7-8-15-11(9-10)14(16)17/h3-9H,2H2,1H3,(H,16,17). The molecule has 110 valence electrons. The Hall–Kier alpha value is -1.86. The van der Waals surface area contributed by atoms with Crippen LogP contribution in [-0.2, 0) is 9.84 Å². The summed E-state index contributed by atoms with van der Waals surface area (Å²) in [5, 5.41) is 8.93. The van der Waals surface area contributed by atoms with E-state index in [0.717, 1.165) is 0 Å². The van der Waals surface area contributed by atoms with Gasteiger partial charge in [-0.3, -0.25) is 0 Å². The number of nitrogens with zero attached hydrogens (tertiary/aromatic N) is 1. The van der Waals surface area contributed by atoms with E-state index >= 15 is 0 Å². The molecular weight excluding hydrogens is 310 g/mol. The molecule has 0 aliphatic rings. The van der Waals surface area contributed by atoms with Crippen molar-refractivity contribution in [3.63, 3.8) is 0 Å². The maximum Gasteiger partial charge on any atom is 0.354 e. The summed E-state index contributed by atoms with van der Waals surface area (Å²) in [5.74, 6) is -1.10. The SMILES string of the molecule is CCS(=O)(=O)c1ccccc1Sc1ccnc(C(=O)O)c1. The van der Waals surface area contributed by atoms with Crippen molar-refractivity contribution < 1.29 is 18.3 Å². The highest BCUT2D eigenvalue weighted by Gasteiger charge is 2.17. The molecule has 0 saturated heterocycles. The van der Waals surface area contributed by atoms with E-state index in [1.165, 1.54) is 24.0 Å². The van der Waals surface area contributed by atoms with Gasteiger partial charge in [-0.25, -0.2) is 18.2 Å². The summed E-state index contributed by atoms with van der Waals surface area (Å²) in [6, 6.07) is 9.74. The molecule has 7 heteroatoms. The van der Waals surface area contributed by atoms with Gasteiger partial charge in [-0.1, -0.05) is 30.8 Å². The monoisotopic (exact) mass is 323 g/mol. The van der Waals surface area contributed by atoms with E-state index < -0.39 is 15.8 Å². The van der Waals surface area contributed by atoms with Crippen LogP contribution in [0.2, 0.25) is 0 Å². The third-order valence-corrected chi connectivity index (χ3v) is 5.72. The van der Waals surface area contributed by atoms with Gasteiger partial charge in [0.15, 0.2) is 9.84 Å². The summed E-state index contributed by atoms with van der Waals surface area (Å²) in [5.41, 5.74) is -0.0733. The number of rotatable bonds is 5. The van der Waals surface area contributed by atoms with Crippen LogP contribution in [0.5, 0.6) is 0 Å². The lowest BCUT2D eigenvalue weighted by Gasteiger charge is -2.09. The van der Waals surface area contributed by atoms with Crippen molar-refractivity contribution in [2.45, 2.75) is 21.6 Å². The number of aromatic nitrogens is 1. The summed E-state index contributed by atoms with van der Waals surface area (Å²) in [4.78, 5) is 16.1. The number of pyridine rings is 1. The molecule has 0 aliphatic carbocycles. The Bertz CT molecular complexity index is 772. The Morgan fingerprint density at radius 3 is 2.67 bits per heavy atom. The summed E-state index contributed by atoms with van der Waals surface area (Å²) in [6.07, 6.45) is 1.39. The minimum Gasteiger partial charge on any atom is -0.477 e. The number of benzene rings is 1. The molecule has 0 amide bonds. The summed E-state index contributed by atoms with van der Waals surface area (Å²) >= 11 is 1.21. The number of hydrogen-bond acceptors (Lipinski definition) is 5. The van der Waals surface area contributed by atoms with E-state index in [2.05, 4.69) is 4.98 Å². The van der Waals surface area contributed by atoms with Gasteiger partial charge >= 0.3 is 5.97 Å². The van der Waals surface area contributed by atoms with Crippen LogP contribution in [0.3, 0.4) is 0 Å². The summed E-state index contributed by atoms with van der Waals surface area (Å²) < 4.78 is 24.1. The Morgan fingerprint density at radius 2 is 2.00 bits per heavy atom. The van der Waals surface area contributed by atoms with Crippen LogP contribution in [0.4, 0.5) is 0 Å². The van der Waals surface area contributed by atoms with Crippen LogP contribution in [0.25, 0.3) is 0 Å². The molecule has 1 N–H and O–H groups in total. The molecule has 0 saturated carbocycles. The van der Waals surface area contributed by atoms with Gasteiger partial charge in [0.1, 0.15) is 5.69 Å². The molecule has 2 rings (SSSR count). The van der Waals surface area contributed by atoms with E-state index in [-0.39, 0.29) is 16.3 Å². The average Bonchev–Trinajstić information content (AvgIpc) is 2.48. The second kappa shape index (κ2) is 6.28. The molecule has 1 aromatic heterocycles. The summed E-state index contributed by atoms with van der Waals surface area (Å²) in [6.45, 7) is 1.59. The molecular formula is C14H13NO4S2. The highest BCUT2D eigenvalue weighted by molar-refractivity contribution is 8.00. The Kier molecular flexibility index (Phi) is 4.64. The lowest BCUT2D eigenvalue weighted by Crippen LogP contribution is -2.05. The third kappa shape index (κ3) is 3.62. The van der Waals surface area contributed by atoms with Gasteiger partial charge in [-0.2, -0.15) is 0 Å². The first-order valence-electron chi connectivity index (χ1n) is 6.13. The molecule has 0 aliphatic heterocycles. The van der Waals surface area contributed by atoms with Crippen LogP contribution in [0.15, 0.2) is 57.3 Å². The zero-order chi connectivity index (χ0) is 15.5. The van der Waals surface area contributed by atoms with Crippen LogP contribution < -0.4 is 0 Å². The zero-order valence-corrected chi connectivity index (χ0v) is 12.8. The first-order chi connectivity index (χ1) is 9.94. The second-order valence-electron chi connectivity index (χ2n) is 4.13. The van der Waals surface area contributed by atoms with Gasteiger partial charge in [0.25, 0.3) is 0 Å². The van der Waals surface area contributed by atoms with Crippen LogP contribution in [0.1, 0.15) is 17.4 Å². The van der Waals surface area contributed by atoms with E-state index in [4.69, 9.17) is 5.11 Å². The van der Waals surface area contributed by atoms with E-state index in [9.17, 15) is 13.2 Å². The number of hydrogen-bond donors (Lipinski definition) is 1. The van der Waals surface area contributed by atoms with Crippen molar-refractivity contribution in [3.8, 4) is 0 Å². The Balaban J connectivity index is 2.41. The molecule has 5 nitrogen and oxygen atoms in total. The number of sulfone groups is 1. The molecule has 0 spiro atoms. The van der Waals surface area contributed by atoms with Crippen molar-refractivity contribution in [1.82, 2.24) is 4.98 Å². The highest BCUT2D eigenvalue weighted by atomic mass is 32.2. The molecule has 1 heterocycles. The molecule has 2 aromatic rings. The number of carboxylic acids is 1. The first kappa shape index (κ1) is 15.5. The zero-order valence-electron chi connectivity index (χ0n) is 11.2. The van der Waals surface area contributed by atoms with Crippen molar-refractivity contribution >= 4 is 27.6 Å². The molecule has 0 radical (unpaired) electrons. The fourth-order valence-electron chi connectivity index (χ4n) is 1.67. The number of carbonyl (C=O) groups is 1. The molecule has 21 heavy (non-hydrogen) atoms. The largest absolute Gasteiger partial charge is 0.477 e. The Labute approximate surface area is 127 Å². The topological polar surface area (TPSA) is 84.3 Å². The molecule has 0 fully saturated rings. The fourth-order valence-corrected chi connectivity index (χ4v) is 4.01. The Morgan fingerprint density at radius 1 is 1.29 bits per heavy atom. The normalized spacial score (nSPS) is 11.3. The van der Waals surface area contributed by atoms with E-state index in [1.807, 2.05) is 0 Å². The molecule has 0 bridgehead atoms. The minimum absolute atomic E-state index is 0.0152. The van der Waals surface area contributed by atoms with Crippen molar-refractivity contribution in [3.05, 3.63) is 48.3 Å². The van der Waals surface area contributed by atoms with Gasteiger partial charge in [0.05, 0.1) is 10.6 Å². The van der Waals surface area contributed by atoms with Crippen molar-refractivity contribution in [1.29, 1.82) is 0 Å². The third-order valence-electron chi connectivity index (χ3n) is 2.74. The smallest absolute Gasteiger partial charge is 0.354 e. The molecule has 0 unspecified atom stereocenters. The quantitative estimate of drug-likeness (QED) is 0.911. The van der Waals surface area contributed by atoms with Gasteiger partial charge in [-0.15, -0.1) is 0 Å². The van der Waals surface area contributed by atoms with Gasteiger partial charge in [0.2, 0.25) is 0 Å². The van der Waals surface area contributed by atoms with E-state index in [0.29, 0.717) is 9.79 Å². The second-order valence-corrected chi connectivity index (χ2v) is 7.50. The lowest BCUT2D eigenvalue weighted by atomic mass is 10.3. The predicted octanol–water partition coefficient (Wildman–Crippen LogP) is 2.72. The van der Waals surface area contributed by atoms with Gasteiger partial charge in [-0.05, 0) is 24.3 Å². The molecule has 0 atom stereocenters. The maximum absolute atomic E-state index is 12.1. The van der Waals surface area contributed by atoms with Crippen LogP contribution in [0, 0.1) is 0 Å². The predicted molar refractivity (Wildman–Crippen MR) is 79.5 cm³/mol. The van der Waals surface area contributed by atoms with Crippen molar-refractivity contribution in [2.24, 2.45) is 0 Å². The van der Waals surface area contributed by atoms with Crippen molar-refractivity contribution in [2.75, 3.05) is 5.75 Å². The van der Waals surface area contributed by atoms with Gasteiger partial charge in [0, 0.05) is 16.0 Å². The van der Waals surface area contributed by atoms with E-state index in [1.54, 1.807) is 37.3 Å². The van der Waals surface area contributed by atoms with Crippen LogP contribution in [-0.4, -0.2) is 30.2 Å². The first-order valence-corrected chi connectivity index (χ1v) is 8.60. The number of aromatic carboxylic acids is 1. The fraction of sp³-hybridized carbons (Fsp3) is 0.143. The highest BCUT2D eigenvalue weighted by Crippen LogP contribution is 2.33. The lowest BCUT2D eigenvalue weighted by molar-refractivity contribution is 0.0690. The average molecular weight is 323 g/mol. The summed E-state index contributed by atoms with van der Waals surface area (Å²) in [7, 11) is -3.33.